The molecule has 2 aromatic carbocycles. The first kappa shape index (κ1) is 15.3. The van der Waals surface area contributed by atoms with E-state index in [9.17, 15) is 0 Å². The van der Waals surface area contributed by atoms with E-state index in [0.717, 1.165) is 59.3 Å². The van der Waals surface area contributed by atoms with E-state index >= 15 is 0 Å². The molecule has 2 aromatic heterocycles. The van der Waals surface area contributed by atoms with E-state index < -0.39 is 0 Å². The number of nitrogens with two attached hydrogens (primary N) is 1. The van der Waals surface area contributed by atoms with Crippen molar-refractivity contribution in [2.24, 2.45) is 0 Å². The second-order valence-corrected chi connectivity index (χ2v) is 6.96. The molecule has 1 aliphatic rings. The predicted octanol–water partition coefficient (Wildman–Crippen LogP) is 3.83. The number of anilines is 1. The molecule has 1 saturated heterocycles. The van der Waals surface area contributed by atoms with Crippen LogP contribution in [0.2, 0.25) is 0 Å². The summed E-state index contributed by atoms with van der Waals surface area (Å²) in [7, 11) is 0. The number of imidazole rings is 1. The fourth-order valence-corrected chi connectivity index (χ4v) is 3.89. The van der Waals surface area contributed by atoms with Crippen LogP contribution in [0, 0.1) is 0 Å². The van der Waals surface area contributed by atoms with E-state index in [1.807, 2.05) is 18.2 Å². The van der Waals surface area contributed by atoms with Gasteiger partial charge < -0.3 is 16.0 Å². The summed E-state index contributed by atoms with van der Waals surface area (Å²) in [5.74, 6) is 1.99. The number of nitrogens with zero attached hydrogens (tertiary/aromatic N) is 2. The van der Waals surface area contributed by atoms with Crippen molar-refractivity contribution in [1.82, 2.24) is 20.3 Å². The molecule has 0 radical (unpaired) electrons. The van der Waals surface area contributed by atoms with E-state index in [0.29, 0.717) is 11.7 Å². The molecule has 0 saturated carbocycles. The lowest BCUT2D eigenvalue weighted by Gasteiger charge is -2.20. The summed E-state index contributed by atoms with van der Waals surface area (Å²) in [4.78, 5) is 13.0. The van der Waals surface area contributed by atoms with Crippen molar-refractivity contribution in [3.63, 3.8) is 0 Å². The Kier molecular flexibility index (Phi) is 3.60. The quantitative estimate of drug-likeness (QED) is 0.517. The van der Waals surface area contributed by atoms with Crippen molar-refractivity contribution in [1.29, 1.82) is 0 Å². The van der Waals surface area contributed by atoms with Gasteiger partial charge in [-0.15, -0.1) is 0 Å². The number of piperidine rings is 1. The third kappa shape index (κ3) is 2.52. The van der Waals surface area contributed by atoms with Gasteiger partial charge in [0.25, 0.3) is 0 Å². The summed E-state index contributed by atoms with van der Waals surface area (Å²) in [6.45, 7) is 2.08. The van der Waals surface area contributed by atoms with E-state index in [4.69, 9.17) is 10.7 Å². The molecule has 5 rings (SSSR count). The first-order valence-corrected chi connectivity index (χ1v) is 9.14. The third-order valence-corrected chi connectivity index (χ3v) is 5.31. The minimum atomic E-state index is 0.460. The Morgan fingerprint density at radius 2 is 1.73 bits per heavy atom. The minimum absolute atomic E-state index is 0.460. The number of hydrogen-bond donors (Lipinski definition) is 3. The number of pyridine rings is 1. The van der Waals surface area contributed by atoms with Gasteiger partial charge in [0.15, 0.2) is 5.82 Å². The summed E-state index contributed by atoms with van der Waals surface area (Å²) in [5.41, 5.74) is 11.3. The van der Waals surface area contributed by atoms with Crippen LogP contribution in [0.15, 0.2) is 48.5 Å². The van der Waals surface area contributed by atoms with E-state index in [2.05, 4.69) is 45.6 Å². The van der Waals surface area contributed by atoms with Crippen molar-refractivity contribution >= 4 is 27.8 Å². The molecule has 130 valence electrons. The van der Waals surface area contributed by atoms with Crippen LogP contribution in [-0.2, 0) is 0 Å². The summed E-state index contributed by atoms with van der Waals surface area (Å²) in [6, 6.07) is 16.7. The average Bonchev–Trinajstić information content (AvgIpc) is 3.15. The Morgan fingerprint density at radius 3 is 2.54 bits per heavy atom. The van der Waals surface area contributed by atoms with Crippen LogP contribution in [0.3, 0.4) is 0 Å². The molecule has 4 N–H and O–H groups in total. The standard InChI is InChI=1S/C21H21N5/c22-20-19-18(25-21(26-19)14-8-10-23-11-9-14)16-7-6-15(12-17(16)24-20)13-4-2-1-3-5-13/h1-7,12,14,23H,8-11H2,(H2,22,24)(H,25,26). The lowest BCUT2D eigenvalue weighted by atomic mass is 9.98. The molecule has 0 amide bonds. The van der Waals surface area contributed by atoms with Crippen LogP contribution < -0.4 is 11.1 Å². The second-order valence-electron chi connectivity index (χ2n) is 6.96. The number of H-pyrrole nitrogens is 1. The molecule has 1 fully saturated rings. The predicted molar refractivity (Wildman–Crippen MR) is 106 cm³/mol. The third-order valence-electron chi connectivity index (χ3n) is 5.31. The summed E-state index contributed by atoms with van der Waals surface area (Å²) in [6.07, 6.45) is 2.20. The zero-order chi connectivity index (χ0) is 17.5. The summed E-state index contributed by atoms with van der Waals surface area (Å²) < 4.78 is 0. The van der Waals surface area contributed by atoms with Gasteiger partial charge in [-0.05, 0) is 43.1 Å². The molecule has 26 heavy (non-hydrogen) atoms. The van der Waals surface area contributed by atoms with Gasteiger partial charge in [0, 0.05) is 11.3 Å². The lowest BCUT2D eigenvalue weighted by molar-refractivity contribution is 0.448. The van der Waals surface area contributed by atoms with E-state index in [1.54, 1.807) is 0 Å². The van der Waals surface area contributed by atoms with Gasteiger partial charge in [0.1, 0.15) is 11.3 Å². The Balaban J connectivity index is 1.66. The first-order valence-electron chi connectivity index (χ1n) is 9.14. The molecule has 5 heteroatoms. The van der Waals surface area contributed by atoms with Gasteiger partial charge >= 0.3 is 0 Å². The molecule has 0 aliphatic carbocycles. The fourth-order valence-electron chi connectivity index (χ4n) is 3.89. The Labute approximate surface area is 151 Å². The van der Waals surface area contributed by atoms with Gasteiger partial charge in [-0.1, -0.05) is 42.5 Å². The normalized spacial score (nSPS) is 15.7. The van der Waals surface area contributed by atoms with Crippen molar-refractivity contribution in [3.8, 4) is 11.1 Å². The lowest BCUT2D eigenvalue weighted by Crippen LogP contribution is -2.27. The zero-order valence-corrected chi connectivity index (χ0v) is 14.5. The number of nitrogen functional groups attached to an aromatic ring is 1. The SMILES string of the molecule is Nc1nc2cc(-c3ccccc3)ccc2c2[nH]c(C3CCNCC3)nc12. The summed E-state index contributed by atoms with van der Waals surface area (Å²) in [5, 5.41) is 4.47. The van der Waals surface area contributed by atoms with Gasteiger partial charge in [0.2, 0.25) is 0 Å². The number of aromatic amines is 1. The van der Waals surface area contributed by atoms with Crippen molar-refractivity contribution < 1.29 is 0 Å². The van der Waals surface area contributed by atoms with Crippen molar-refractivity contribution in [2.45, 2.75) is 18.8 Å². The molecule has 0 spiro atoms. The van der Waals surface area contributed by atoms with Crippen LogP contribution in [0.25, 0.3) is 33.1 Å². The van der Waals surface area contributed by atoms with Gasteiger partial charge in [-0.3, -0.25) is 0 Å². The average molecular weight is 343 g/mol. The zero-order valence-electron chi connectivity index (χ0n) is 14.5. The number of rotatable bonds is 2. The Bertz CT molecular complexity index is 1080. The molecular formula is C21H21N5. The Morgan fingerprint density at radius 1 is 0.923 bits per heavy atom. The summed E-state index contributed by atoms with van der Waals surface area (Å²) >= 11 is 0. The molecule has 1 aliphatic heterocycles. The van der Waals surface area contributed by atoms with Crippen molar-refractivity contribution in [3.05, 3.63) is 54.4 Å². The van der Waals surface area contributed by atoms with Gasteiger partial charge in [-0.2, -0.15) is 0 Å². The minimum Gasteiger partial charge on any atom is -0.382 e. The molecular weight excluding hydrogens is 322 g/mol. The Hall–Kier alpha value is -2.92. The maximum atomic E-state index is 6.25. The van der Waals surface area contributed by atoms with E-state index in [1.165, 1.54) is 5.56 Å². The van der Waals surface area contributed by atoms with Gasteiger partial charge in [0.05, 0.1) is 11.0 Å². The molecule has 3 heterocycles. The maximum Gasteiger partial charge on any atom is 0.152 e. The second kappa shape index (κ2) is 6.11. The molecule has 0 unspecified atom stereocenters. The monoisotopic (exact) mass is 343 g/mol. The highest BCUT2D eigenvalue weighted by Crippen LogP contribution is 2.32. The van der Waals surface area contributed by atoms with Crippen LogP contribution in [0.1, 0.15) is 24.6 Å². The largest absolute Gasteiger partial charge is 0.382 e. The molecule has 4 aromatic rings. The van der Waals surface area contributed by atoms with Crippen LogP contribution in [-0.4, -0.2) is 28.0 Å². The fraction of sp³-hybridized carbons (Fsp3) is 0.238. The molecule has 5 nitrogen and oxygen atoms in total. The number of aromatic nitrogens is 3. The highest BCUT2D eigenvalue weighted by Gasteiger charge is 2.20. The smallest absolute Gasteiger partial charge is 0.152 e. The van der Waals surface area contributed by atoms with Crippen LogP contribution in [0.5, 0.6) is 0 Å². The number of fused-ring (bicyclic) bond motifs is 3. The van der Waals surface area contributed by atoms with E-state index in [-0.39, 0.29) is 0 Å². The topological polar surface area (TPSA) is 79.6 Å². The molecule has 0 bridgehead atoms. The number of nitrogens with one attached hydrogen (secondary N) is 2. The highest BCUT2D eigenvalue weighted by atomic mass is 15.0. The molecule has 0 atom stereocenters. The van der Waals surface area contributed by atoms with Crippen LogP contribution >= 0.6 is 0 Å². The van der Waals surface area contributed by atoms with Crippen LogP contribution in [0.4, 0.5) is 5.82 Å². The maximum absolute atomic E-state index is 6.25. The van der Waals surface area contributed by atoms with Crippen molar-refractivity contribution in [2.75, 3.05) is 18.8 Å². The first-order chi connectivity index (χ1) is 12.8. The highest BCUT2D eigenvalue weighted by molar-refractivity contribution is 6.07. The number of benzene rings is 2. The van der Waals surface area contributed by atoms with Gasteiger partial charge in [-0.25, -0.2) is 9.97 Å². The number of hydrogen-bond acceptors (Lipinski definition) is 4.